The number of benzene rings is 1. The Morgan fingerprint density at radius 3 is 1.85 bits per heavy atom. The van der Waals surface area contributed by atoms with E-state index in [0.29, 0.717) is 5.28 Å². The van der Waals surface area contributed by atoms with Crippen LogP contribution < -0.4 is 0 Å². The average Bonchev–Trinajstić information content (AvgIpc) is 3.79. The minimum absolute atomic E-state index is 0.123. The van der Waals surface area contributed by atoms with E-state index in [1.807, 2.05) is 13.0 Å². The molecule has 40 heavy (non-hydrogen) atoms. The molecule has 2 nitrogen and oxygen atoms in total. The van der Waals surface area contributed by atoms with Gasteiger partial charge in [0.05, 0.1) is 0 Å². The summed E-state index contributed by atoms with van der Waals surface area (Å²) in [5.74, 6) is -0.501. The summed E-state index contributed by atoms with van der Waals surface area (Å²) in [5.41, 5.74) is 4.89. The van der Waals surface area contributed by atoms with Gasteiger partial charge in [0, 0.05) is 18.8 Å². The Morgan fingerprint density at radius 1 is 1.02 bits per heavy atom. The molecule has 1 aromatic carbocycles. The molecule has 0 aliphatic heterocycles. The van der Waals surface area contributed by atoms with Gasteiger partial charge in [0.1, 0.15) is 0 Å². The molecule has 3 rings (SSSR count). The topological polar surface area (TPSA) is 25.8 Å². The van der Waals surface area contributed by atoms with Gasteiger partial charge in [-0.3, -0.25) is 0 Å². The Kier molecular flexibility index (Phi) is 23.7. The maximum atomic E-state index is 12.0. The predicted molar refractivity (Wildman–Crippen MR) is 174 cm³/mol. The standard InChI is InChI=1S/C11H14.C7H9ClN2.C7H14.C6H10F2.C4H10/c1-4-10-5-7-11(8-6-10)9(2)3;1-2-3-6-4-5-9-7(8)10-6;1-3-6(2)7-4-5-7;1-4-5(2)6(3,7)8;1-3-4-2/h5-8H,2,4H2,1,3H3;4-5H,2-3H2,1H3;6-7H,3-5H2,1-2H3;4H,1-3H3;3-4H2,1-2H3/b;;;5-4+;. The lowest BCUT2D eigenvalue weighted by atomic mass is 10.0. The lowest BCUT2D eigenvalue weighted by Gasteiger charge is -2.08. The minimum Gasteiger partial charge on any atom is -0.227 e. The molecule has 1 saturated carbocycles. The summed E-state index contributed by atoms with van der Waals surface area (Å²) in [7, 11) is 0. The first kappa shape index (κ1) is 40.1. The Morgan fingerprint density at radius 2 is 1.57 bits per heavy atom. The molecule has 0 radical (unpaired) electrons. The lowest BCUT2D eigenvalue weighted by Crippen LogP contribution is -2.10. The summed E-state index contributed by atoms with van der Waals surface area (Å²) in [5, 5.41) is 0.339. The van der Waals surface area contributed by atoms with E-state index in [9.17, 15) is 8.78 Å². The molecular formula is C35H57ClF2N2. The van der Waals surface area contributed by atoms with E-state index in [2.05, 4.69) is 82.4 Å². The van der Waals surface area contributed by atoms with E-state index in [1.54, 1.807) is 13.1 Å². The Hall–Kier alpha value is -2.07. The van der Waals surface area contributed by atoms with E-state index in [0.717, 1.165) is 49.3 Å². The SMILES string of the molecule is C/C=C(\C)C(C)(F)F.C=C(C)c1ccc(CC)cc1.CCC(C)C1CC1.CCCC.CCCc1ccnc(Cl)n1. The summed E-state index contributed by atoms with van der Waals surface area (Å²) in [6.45, 7) is 23.1. The second-order valence-corrected chi connectivity index (χ2v) is 10.8. The monoisotopic (exact) mass is 578 g/mol. The van der Waals surface area contributed by atoms with E-state index in [1.165, 1.54) is 56.2 Å². The van der Waals surface area contributed by atoms with Crippen LogP contribution in [0.3, 0.4) is 0 Å². The van der Waals surface area contributed by atoms with Crippen LogP contribution in [0.5, 0.6) is 0 Å². The van der Waals surface area contributed by atoms with Crippen LogP contribution in [-0.2, 0) is 12.8 Å². The molecule has 0 N–H and O–H groups in total. The summed E-state index contributed by atoms with van der Waals surface area (Å²) in [6.07, 6.45) is 13.3. The quantitative estimate of drug-likeness (QED) is 0.230. The third kappa shape index (κ3) is 21.7. The van der Waals surface area contributed by atoms with Gasteiger partial charge in [-0.25, -0.2) is 18.7 Å². The number of nitrogens with zero attached hydrogens (tertiary/aromatic N) is 2. The number of rotatable bonds is 8. The van der Waals surface area contributed by atoms with Gasteiger partial charge < -0.3 is 0 Å². The molecule has 2 aromatic rings. The number of hydrogen-bond acceptors (Lipinski definition) is 2. The van der Waals surface area contributed by atoms with E-state index >= 15 is 0 Å². The fourth-order valence-electron chi connectivity index (χ4n) is 3.04. The van der Waals surface area contributed by atoms with Gasteiger partial charge >= 0.3 is 0 Å². The molecule has 1 aromatic heterocycles. The van der Waals surface area contributed by atoms with E-state index in [-0.39, 0.29) is 5.57 Å². The molecule has 1 aliphatic carbocycles. The summed E-state index contributed by atoms with van der Waals surface area (Å²) < 4.78 is 24.1. The highest BCUT2D eigenvalue weighted by molar-refractivity contribution is 6.28. The molecule has 0 bridgehead atoms. The maximum absolute atomic E-state index is 12.0. The van der Waals surface area contributed by atoms with Crippen LogP contribution in [0.1, 0.15) is 125 Å². The third-order valence-electron chi connectivity index (χ3n) is 6.74. The van der Waals surface area contributed by atoms with Gasteiger partial charge in [-0.2, -0.15) is 0 Å². The summed E-state index contributed by atoms with van der Waals surface area (Å²) in [4.78, 5) is 7.79. The largest absolute Gasteiger partial charge is 0.266 e. The number of unbranched alkanes of at least 4 members (excludes halogenated alkanes) is 1. The molecule has 1 aliphatic rings. The molecule has 1 atom stereocenters. The molecule has 1 unspecified atom stereocenters. The first-order valence-corrected chi connectivity index (χ1v) is 15.4. The Labute approximate surface area is 250 Å². The molecule has 1 fully saturated rings. The first-order chi connectivity index (χ1) is 18.8. The number of hydrogen-bond donors (Lipinski definition) is 0. The molecule has 5 heteroatoms. The number of aryl methyl sites for hydroxylation is 2. The molecule has 0 saturated heterocycles. The second kappa shape index (κ2) is 23.6. The molecule has 228 valence electrons. The van der Waals surface area contributed by atoms with Crippen LogP contribution in [0.2, 0.25) is 5.28 Å². The van der Waals surface area contributed by atoms with E-state index in [4.69, 9.17) is 11.6 Å². The van der Waals surface area contributed by atoms with Crippen molar-refractivity contribution in [1.82, 2.24) is 9.97 Å². The predicted octanol–water partition coefficient (Wildman–Crippen LogP) is 12.2. The van der Waals surface area contributed by atoms with Gasteiger partial charge in [0.2, 0.25) is 5.28 Å². The van der Waals surface area contributed by atoms with Crippen molar-refractivity contribution in [2.45, 2.75) is 127 Å². The normalized spacial score (nSPS) is 13.1. The zero-order chi connectivity index (χ0) is 31.1. The number of allylic oxidation sites excluding steroid dienone is 3. The number of alkyl halides is 2. The van der Waals surface area contributed by atoms with Crippen molar-refractivity contribution in [3.8, 4) is 0 Å². The average molecular weight is 579 g/mol. The molecule has 0 spiro atoms. The summed E-state index contributed by atoms with van der Waals surface area (Å²) in [6, 6.07) is 10.5. The van der Waals surface area contributed by atoms with Crippen molar-refractivity contribution < 1.29 is 8.78 Å². The van der Waals surface area contributed by atoms with Crippen molar-refractivity contribution in [2.24, 2.45) is 11.8 Å². The van der Waals surface area contributed by atoms with Crippen LogP contribution in [0.25, 0.3) is 5.57 Å². The fourth-order valence-corrected chi connectivity index (χ4v) is 3.21. The Balaban J connectivity index is 0. The second-order valence-electron chi connectivity index (χ2n) is 10.5. The first-order valence-electron chi connectivity index (χ1n) is 15.0. The van der Waals surface area contributed by atoms with Crippen LogP contribution in [0.4, 0.5) is 8.78 Å². The highest BCUT2D eigenvalue weighted by Gasteiger charge is 2.26. The fraction of sp³-hybridized carbons (Fsp3) is 0.600. The minimum atomic E-state index is -2.63. The van der Waals surface area contributed by atoms with Crippen molar-refractivity contribution in [3.63, 3.8) is 0 Å². The zero-order valence-electron chi connectivity index (χ0n) is 27.1. The highest BCUT2D eigenvalue weighted by atomic mass is 35.5. The Bertz CT molecular complexity index is 927. The number of aromatic nitrogens is 2. The molecule has 0 amide bonds. The van der Waals surface area contributed by atoms with E-state index < -0.39 is 5.92 Å². The number of halogens is 3. The lowest BCUT2D eigenvalue weighted by molar-refractivity contribution is 0.0633. The zero-order valence-corrected chi connectivity index (χ0v) is 27.8. The van der Waals surface area contributed by atoms with Gasteiger partial charge in [-0.15, -0.1) is 0 Å². The van der Waals surface area contributed by atoms with Crippen molar-refractivity contribution >= 4 is 17.2 Å². The van der Waals surface area contributed by atoms with Crippen molar-refractivity contribution in [2.75, 3.05) is 0 Å². The summed E-state index contributed by atoms with van der Waals surface area (Å²) >= 11 is 5.56. The van der Waals surface area contributed by atoms with Gasteiger partial charge in [0.15, 0.2) is 0 Å². The maximum Gasteiger partial charge on any atom is 0.266 e. The molecular weight excluding hydrogens is 522 g/mol. The van der Waals surface area contributed by atoms with Crippen molar-refractivity contribution in [3.05, 3.63) is 76.9 Å². The smallest absolute Gasteiger partial charge is 0.227 e. The highest BCUT2D eigenvalue weighted by Crippen LogP contribution is 2.37. The third-order valence-corrected chi connectivity index (χ3v) is 6.92. The van der Waals surface area contributed by atoms with Crippen molar-refractivity contribution in [1.29, 1.82) is 0 Å². The van der Waals surface area contributed by atoms with Crippen LogP contribution in [0.15, 0.2) is 54.8 Å². The van der Waals surface area contributed by atoms with Gasteiger partial charge in [-0.05, 0) is 92.7 Å². The van der Waals surface area contributed by atoms with Crippen LogP contribution in [-0.4, -0.2) is 15.9 Å². The van der Waals surface area contributed by atoms with Gasteiger partial charge in [0.25, 0.3) is 5.92 Å². The van der Waals surface area contributed by atoms with Crippen LogP contribution in [0, 0.1) is 11.8 Å². The van der Waals surface area contributed by atoms with Crippen LogP contribution >= 0.6 is 11.6 Å². The van der Waals surface area contributed by atoms with Gasteiger partial charge in [-0.1, -0.05) is 110 Å². The molecule has 1 heterocycles.